The van der Waals surface area contributed by atoms with Crippen LogP contribution in [0.4, 0.5) is 0 Å². The van der Waals surface area contributed by atoms with E-state index in [-0.39, 0.29) is 12.6 Å². The van der Waals surface area contributed by atoms with Gasteiger partial charge in [0.15, 0.2) is 6.73 Å². The number of rotatable bonds is 6. The van der Waals surface area contributed by atoms with Crippen LogP contribution in [0.5, 0.6) is 5.75 Å². The smallest absolute Gasteiger partial charge is 0.269 e. The molecule has 1 N–H and O–H groups in total. The Hall–Kier alpha value is -2.01. The lowest BCUT2D eigenvalue weighted by Crippen LogP contribution is -2.51. The van der Waals surface area contributed by atoms with Crippen LogP contribution >= 0.6 is 11.6 Å². The number of amides is 1. The molecule has 148 valence electrons. The zero-order valence-corrected chi connectivity index (χ0v) is 16.7. The molecule has 1 aromatic carbocycles. The second kappa shape index (κ2) is 7.11. The van der Waals surface area contributed by atoms with E-state index in [1.807, 2.05) is 0 Å². The Balaban J connectivity index is 1.21. The summed E-state index contributed by atoms with van der Waals surface area (Å²) < 4.78 is 7.34. The van der Waals surface area contributed by atoms with Crippen molar-refractivity contribution in [2.75, 3.05) is 6.54 Å². The number of aromatic nitrogens is 2. The Morgan fingerprint density at radius 1 is 1.11 bits per heavy atom. The van der Waals surface area contributed by atoms with E-state index in [9.17, 15) is 4.79 Å². The van der Waals surface area contributed by atoms with Crippen molar-refractivity contribution in [1.82, 2.24) is 15.1 Å². The molecule has 2 aromatic rings. The number of nitrogens with zero attached hydrogens (tertiary/aromatic N) is 2. The summed E-state index contributed by atoms with van der Waals surface area (Å²) >= 11 is 5.90. The number of benzene rings is 1. The third kappa shape index (κ3) is 3.52. The number of ether oxygens (including phenoxy) is 1. The van der Waals surface area contributed by atoms with Gasteiger partial charge in [0.1, 0.15) is 11.4 Å². The first-order chi connectivity index (χ1) is 13.6. The molecule has 4 aliphatic rings. The van der Waals surface area contributed by atoms with E-state index in [1.54, 1.807) is 41.2 Å². The Morgan fingerprint density at radius 3 is 2.39 bits per heavy atom. The fraction of sp³-hybridized carbons (Fsp3) is 0.545. The molecule has 0 radical (unpaired) electrons. The maximum atomic E-state index is 12.8. The predicted octanol–water partition coefficient (Wildman–Crippen LogP) is 4.52. The molecular weight excluding hydrogens is 374 g/mol. The van der Waals surface area contributed by atoms with Gasteiger partial charge in [-0.1, -0.05) is 11.6 Å². The van der Waals surface area contributed by atoms with E-state index in [0.29, 0.717) is 21.9 Å². The maximum absolute atomic E-state index is 12.8. The third-order valence-electron chi connectivity index (χ3n) is 6.91. The summed E-state index contributed by atoms with van der Waals surface area (Å²) in [7, 11) is 0. The van der Waals surface area contributed by atoms with E-state index < -0.39 is 0 Å². The van der Waals surface area contributed by atoms with Gasteiger partial charge in [0.2, 0.25) is 0 Å². The highest BCUT2D eigenvalue weighted by atomic mass is 35.5. The van der Waals surface area contributed by atoms with Gasteiger partial charge < -0.3 is 10.1 Å². The van der Waals surface area contributed by atoms with Crippen LogP contribution < -0.4 is 10.1 Å². The molecule has 4 saturated carbocycles. The Morgan fingerprint density at radius 2 is 1.75 bits per heavy atom. The molecule has 1 aromatic heterocycles. The van der Waals surface area contributed by atoms with Crippen molar-refractivity contribution in [3.63, 3.8) is 0 Å². The molecule has 0 atom stereocenters. The van der Waals surface area contributed by atoms with Gasteiger partial charge in [-0.2, -0.15) is 5.10 Å². The van der Waals surface area contributed by atoms with Crippen molar-refractivity contribution in [1.29, 1.82) is 0 Å². The van der Waals surface area contributed by atoms with Crippen LogP contribution in [0.25, 0.3) is 0 Å². The number of nitrogens with one attached hydrogen (secondary N) is 1. The summed E-state index contributed by atoms with van der Waals surface area (Å²) in [4.78, 5) is 12.8. The van der Waals surface area contributed by atoms with Crippen molar-refractivity contribution < 1.29 is 9.53 Å². The molecule has 0 spiro atoms. The van der Waals surface area contributed by atoms with Crippen LogP contribution in [0, 0.1) is 23.2 Å². The molecular formula is C22H26ClN3O2. The average molecular weight is 400 g/mol. The lowest BCUT2D eigenvalue weighted by molar-refractivity contribution is -0.0503. The first kappa shape index (κ1) is 18.0. The number of carbonyl (C=O) groups is 1. The lowest BCUT2D eigenvalue weighted by atomic mass is 9.49. The molecule has 6 heteroatoms. The fourth-order valence-electron chi connectivity index (χ4n) is 6.16. The van der Waals surface area contributed by atoms with Gasteiger partial charge in [-0.15, -0.1) is 0 Å². The largest absolute Gasteiger partial charge is 0.471 e. The van der Waals surface area contributed by atoms with Crippen molar-refractivity contribution in [2.24, 2.45) is 23.2 Å². The normalized spacial score (nSPS) is 30.4. The second-order valence-corrected chi connectivity index (χ2v) is 9.48. The first-order valence-electron chi connectivity index (χ1n) is 10.3. The van der Waals surface area contributed by atoms with E-state index in [1.165, 1.54) is 38.5 Å². The summed E-state index contributed by atoms with van der Waals surface area (Å²) in [6.07, 6.45) is 9.77. The van der Waals surface area contributed by atoms with Gasteiger partial charge in [0.05, 0.1) is 0 Å². The molecule has 28 heavy (non-hydrogen) atoms. The number of halogens is 1. The van der Waals surface area contributed by atoms with Crippen molar-refractivity contribution in [3.8, 4) is 5.75 Å². The monoisotopic (exact) mass is 399 g/mol. The summed E-state index contributed by atoms with van der Waals surface area (Å²) in [5, 5.41) is 8.13. The van der Waals surface area contributed by atoms with Gasteiger partial charge >= 0.3 is 0 Å². The topological polar surface area (TPSA) is 56.2 Å². The molecule has 0 saturated heterocycles. The van der Waals surface area contributed by atoms with Crippen LogP contribution in [0.2, 0.25) is 5.02 Å². The molecule has 1 amide bonds. The fourth-order valence-corrected chi connectivity index (χ4v) is 6.29. The average Bonchev–Trinajstić information content (AvgIpc) is 3.13. The van der Waals surface area contributed by atoms with Crippen LogP contribution in [0.1, 0.15) is 49.0 Å². The van der Waals surface area contributed by atoms with E-state index >= 15 is 0 Å². The standard InChI is InChI=1S/C22H26ClN3O2/c23-18-1-3-19(4-2-18)28-14-26-20(5-6-25-26)21(27)24-13-22-10-15-7-16(11-22)9-17(8-15)12-22/h1-6,15-17H,7-14H2,(H,24,27). The van der Waals surface area contributed by atoms with Gasteiger partial charge in [-0.3, -0.25) is 4.79 Å². The van der Waals surface area contributed by atoms with Crippen LogP contribution in [0.15, 0.2) is 36.5 Å². The molecule has 4 bridgehead atoms. The molecule has 5 nitrogen and oxygen atoms in total. The van der Waals surface area contributed by atoms with E-state index in [4.69, 9.17) is 16.3 Å². The second-order valence-electron chi connectivity index (χ2n) is 9.04. The zero-order chi connectivity index (χ0) is 19.1. The van der Waals surface area contributed by atoms with Gasteiger partial charge in [-0.25, -0.2) is 4.68 Å². The highest BCUT2D eigenvalue weighted by Gasteiger charge is 2.50. The van der Waals surface area contributed by atoms with Crippen LogP contribution in [-0.2, 0) is 6.73 Å². The van der Waals surface area contributed by atoms with Crippen LogP contribution in [0.3, 0.4) is 0 Å². The van der Waals surface area contributed by atoms with Gasteiger partial charge in [0, 0.05) is 17.8 Å². The predicted molar refractivity (Wildman–Crippen MR) is 107 cm³/mol. The quantitative estimate of drug-likeness (QED) is 0.776. The van der Waals surface area contributed by atoms with Crippen molar-refractivity contribution in [2.45, 2.75) is 45.3 Å². The SMILES string of the molecule is O=C(NCC12CC3CC(CC(C3)C1)C2)c1ccnn1COc1ccc(Cl)cc1. The van der Waals surface area contributed by atoms with Crippen LogP contribution in [-0.4, -0.2) is 22.2 Å². The lowest BCUT2D eigenvalue weighted by Gasteiger charge is -2.56. The summed E-state index contributed by atoms with van der Waals surface area (Å²) in [6, 6.07) is 8.91. The number of hydrogen-bond acceptors (Lipinski definition) is 3. The number of hydrogen-bond donors (Lipinski definition) is 1. The zero-order valence-electron chi connectivity index (χ0n) is 15.9. The highest BCUT2D eigenvalue weighted by Crippen LogP contribution is 2.59. The third-order valence-corrected chi connectivity index (χ3v) is 7.16. The minimum absolute atomic E-state index is 0.0621. The molecule has 1 heterocycles. The summed E-state index contributed by atoms with van der Waals surface area (Å²) in [5.74, 6) is 3.30. The molecule has 6 rings (SSSR count). The minimum atomic E-state index is -0.0621. The van der Waals surface area contributed by atoms with Crippen molar-refractivity contribution in [3.05, 3.63) is 47.2 Å². The molecule has 4 aliphatic carbocycles. The molecule has 0 aliphatic heterocycles. The Bertz CT molecular complexity index is 826. The first-order valence-corrected chi connectivity index (χ1v) is 10.6. The summed E-state index contributed by atoms with van der Waals surface area (Å²) in [5.41, 5.74) is 0.869. The van der Waals surface area contributed by atoms with Gasteiger partial charge in [-0.05, 0) is 92.0 Å². The molecule has 4 fully saturated rings. The van der Waals surface area contributed by atoms with Crippen molar-refractivity contribution >= 4 is 17.5 Å². The maximum Gasteiger partial charge on any atom is 0.269 e. The Kier molecular flexibility index (Phi) is 4.58. The minimum Gasteiger partial charge on any atom is -0.471 e. The summed E-state index contributed by atoms with van der Waals surface area (Å²) in [6.45, 7) is 0.979. The van der Waals surface area contributed by atoms with Gasteiger partial charge in [0.25, 0.3) is 5.91 Å². The number of carbonyl (C=O) groups excluding carboxylic acids is 1. The van der Waals surface area contributed by atoms with E-state index in [0.717, 1.165) is 24.3 Å². The van der Waals surface area contributed by atoms with E-state index in [2.05, 4.69) is 10.4 Å². The Labute approximate surface area is 170 Å². The highest BCUT2D eigenvalue weighted by molar-refractivity contribution is 6.30. The molecule has 0 unspecified atom stereocenters.